The summed E-state index contributed by atoms with van der Waals surface area (Å²) in [6.45, 7) is 1.88. The van der Waals surface area contributed by atoms with E-state index < -0.39 is 33.8 Å². The zero-order valence-corrected chi connectivity index (χ0v) is 13.7. The second-order valence-electron chi connectivity index (χ2n) is 5.37. The van der Waals surface area contributed by atoms with Gasteiger partial charge in [0, 0.05) is 6.42 Å². The summed E-state index contributed by atoms with van der Waals surface area (Å²) < 4.78 is 31.6. The highest BCUT2D eigenvalue weighted by Gasteiger charge is 2.19. The summed E-state index contributed by atoms with van der Waals surface area (Å²) in [7, 11) is -2.50. The standard InChI is InChI=1S/C12H25N3O6S/c1-15(7-4-2-3-5-11(16)17)8-6-14-12(18)10(13)9-22(19,20)21/h10H,2-9,13H2,1H3,(H,14,18)(H,16,17)(H,19,20,21)/p+1. The lowest BCUT2D eigenvalue weighted by Gasteiger charge is -2.15. The van der Waals surface area contributed by atoms with E-state index in [-0.39, 0.29) is 6.42 Å². The highest BCUT2D eigenvalue weighted by molar-refractivity contribution is 7.85. The molecule has 130 valence electrons. The fourth-order valence-corrected chi connectivity index (χ4v) is 2.51. The maximum Gasteiger partial charge on any atom is 0.303 e. The molecule has 0 radical (unpaired) electrons. The second-order valence-corrected chi connectivity index (χ2v) is 6.82. The third kappa shape index (κ3) is 12.5. The Bertz CT molecular complexity index is 454. The van der Waals surface area contributed by atoms with E-state index >= 15 is 0 Å². The number of hydrogen-bond acceptors (Lipinski definition) is 5. The largest absolute Gasteiger partial charge is 0.748 e. The highest BCUT2D eigenvalue weighted by atomic mass is 32.2. The molecule has 0 aliphatic heterocycles. The first-order chi connectivity index (χ1) is 10.1. The van der Waals surface area contributed by atoms with Gasteiger partial charge in [0.05, 0.1) is 32.4 Å². The van der Waals surface area contributed by atoms with Crippen molar-refractivity contribution in [2.75, 3.05) is 32.4 Å². The van der Waals surface area contributed by atoms with Crippen molar-refractivity contribution in [2.24, 2.45) is 0 Å². The van der Waals surface area contributed by atoms with Gasteiger partial charge in [0.2, 0.25) is 0 Å². The van der Waals surface area contributed by atoms with Crippen LogP contribution in [0.25, 0.3) is 0 Å². The summed E-state index contributed by atoms with van der Waals surface area (Å²) in [5, 5.41) is 11.0. The summed E-state index contributed by atoms with van der Waals surface area (Å²) in [5.74, 6) is -2.13. The van der Waals surface area contributed by atoms with E-state index in [0.29, 0.717) is 19.5 Å². The number of carbonyl (C=O) groups excluding carboxylic acids is 1. The van der Waals surface area contributed by atoms with Crippen LogP contribution < -0.4 is 16.0 Å². The summed E-state index contributed by atoms with van der Waals surface area (Å²) >= 11 is 0. The van der Waals surface area contributed by atoms with Crippen LogP contribution in [0.3, 0.4) is 0 Å². The topological polar surface area (TPSA) is 156 Å². The Labute approximate surface area is 130 Å². The molecule has 0 saturated carbocycles. The van der Waals surface area contributed by atoms with Gasteiger partial charge < -0.3 is 25.6 Å². The number of carboxylic acids is 1. The van der Waals surface area contributed by atoms with Crippen LogP contribution in [0.5, 0.6) is 0 Å². The number of rotatable bonds is 12. The Hall–Kier alpha value is -1.23. The number of carbonyl (C=O) groups is 2. The third-order valence-electron chi connectivity index (χ3n) is 3.12. The van der Waals surface area contributed by atoms with Crippen LogP contribution in [0.15, 0.2) is 0 Å². The molecular weight excluding hydrogens is 314 g/mol. The monoisotopic (exact) mass is 340 g/mol. The number of quaternary nitrogens is 2. The van der Waals surface area contributed by atoms with Crippen molar-refractivity contribution in [3.8, 4) is 0 Å². The summed E-state index contributed by atoms with van der Waals surface area (Å²) in [6, 6.07) is -1.10. The fourth-order valence-electron chi connectivity index (χ4n) is 1.87. The van der Waals surface area contributed by atoms with Gasteiger partial charge in [0.1, 0.15) is 10.1 Å². The molecule has 2 atom stereocenters. The van der Waals surface area contributed by atoms with Crippen molar-refractivity contribution in [3.63, 3.8) is 0 Å². The van der Waals surface area contributed by atoms with E-state index in [4.69, 9.17) is 5.11 Å². The Morgan fingerprint density at radius 3 is 2.45 bits per heavy atom. The molecule has 0 aromatic rings. The second kappa shape index (κ2) is 10.5. The number of likely N-dealkylation sites (N-methyl/N-ethyl adjacent to an activating group) is 1. The zero-order valence-electron chi connectivity index (χ0n) is 12.8. The number of amides is 1. The number of carboxylic acid groups (broad SMARTS) is 1. The van der Waals surface area contributed by atoms with Crippen LogP contribution in [0, 0.1) is 0 Å². The molecule has 2 unspecified atom stereocenters. The number of aliphatic carboxylic acids is 1. The molecule has 0 fully saturated rings. The van der Waals surface area contributed by atoms with E-state index in [0.717, 1.165) is 19.4 Å². The van der Waals surface area contributed by atoms with Gasteiger partial charge in [-0.2, -0.15) is 0 Å². The zero-order chi connectivity index (χ0) is 17.2. The smallest absolute Gasteiger partial charge is 0.303 e. The Kier molecular flexibility index (Phi) is 9.90. The van der Waals surface area contributed by atoms with E-state index in [1.807, 2.05) is 7.05 Å². The van der Waals surface area contributed by atoms with Gasteiger partial charge in [-0.15, -0.1) is 0 Å². The van der Waals surface area contributed by atoms with Gasteiger partial charge >= 0.3 is 5.97 Å². The van der Waals surface area contributed by atoms with E-state index in [1.54, 1.807) is 0 Å². The molecule has 0 saturated heterocycles. The molecule has 0 rings (SSSR count). The van der Waals surface area contributed by atoms with Gasteiger partial charge in [-0.1, -0.05) is 0 Å². The van der Waals surface area contributed by atoms with Gasteiger partial charge in [0.15, 0.2) is 6.04 Å². The molecule has 0 bridgehead atoms. The first-order valence-corrected chi connectivity index (χ1v) is 8.77. The SMILES string of the molecule is C[NH+](CCCCCC(=O)O)CCNC(=O)C([NH3+])CS(=O)(=O)[O-]. The number of hydrogen-bond donors (Lipinski definition) is 4. The molecule has 0 aromatic heterocycles. The van der Waals surface area contributed by atoms with Crippen molar-refractivity contribution in [3.05, 3.63) is 0 Å². The predicted octanol–water partition coefficient (Wildman–Crippen LogP) is -3.58. The van der Waals surface area contributed by atoms with Gasteiger partial charge in [-0.05, 0) is 19.3 Å². The average Bonchev–Trinajstić information content (AvgIpc) is 2.35. The van der Waals surface area contributed by atoms with Crippen molar-refractivity contribution >= 4 is 22.0 Å². The molecule has 10 heteroatoms. The highest BCUT2D eigenvalue weighted by Crippen LogP contribution is 1.97. The minimum Gasteiger partial charge on any atom is -0.748 e. The van der Waals surface area contributed by atoms with Crippen molar-refractivity contribution < 1.29 is 38.3 Å². The summed E-state index contributed by atoms with van der Waals surface area (Å²) in [4.78, 5) is 23.0. The molecule has 1 amide bonds. The van der Waals surface area contributed by atoms with Crippen LogP contribution in [-0.4, -0.2) is 68.4 Å². The van der Waals surface area contributed by atoms with Gasteiger partial charge in [0.25, 0.3) is 5.91 Å². The van der Waals surface area contributed by atoms with Crippen LogP contribution in [-0.2, 0) is 19.7 Å². The Balaban J connectivity index is 3.72. The van der Waals surface area contributed by atoms with E-state index in [1.165, 1.54) is 4.90 Å². The van der Waals surface area contributed by atoms with Gasteiger partial charge in [-0.3, -0.25) is 9.59 Å². The molecule has 0 aliphatic carbocycles. The lowest BCUT2D eigenvalue weighted by atomic mass is 10.2. The van der Waals surface area contributed by atoms with E-state index in [9.17, 15) is 22.6 Å². The summed E-state index contributed by atoms with van der Waals surface area (Å²) in [5.41, 5.74) is 3.36. The fraction of sp³-hybridized carbons (Fsp3) is 0.833. The van der Waals surface area contributed by atoms with E-state index in [2.05, 4.69) is 11.1 Å². The minimum atomic E-state index is -4.45. The van der Waals surface area contributed by atoms with Crippen molar-refractivity contribution in [1.82, 2.24) is 5.32 Å². The molecule has 0 aliphatic rings. The average molecular weight is 340 g/mol. The first-order valence-electron chi connectivity index (χ1n) is 7.19. The minimum absolute atomic E-state index is 0.183. The molecular formula is C12H26N3O6S+. The Morgan fingerprint density at radius 2 is 1.91 bits per heavy atom. The number of unbranched alkanes of at least 4 members (excludes halogenated alkanes) is 2. The third-order valence-corrected chi connectivity index (χ3v) is 3.93. The molecule has 0 spiro atoms. The van der Waals surface area contributed by atoms with Crippen LogP contribution >= 0.6 is 0 Å². The van der Waals surface area contributed by atoms with Crippen LogP contribution in [0.2, 0.25) is 0 Å². The molecule has 9 nitrogen and oxygen atoms in total. The summed E-state index contributed by atoms with van der Waals surface area (Å²) in [6.07, 6.45) is 2.59. The molecule has 0 heterocycles. The molecule has 6 N–H and O–H groups in total. The maximum absolute atomic E-state index is 11.5. The van der Waals surface area contributed by atoms with Crippen molar-refractivity contribution in [2.45, 2.75) is 31.7 Å². The normalized spacial score (nSPS) is 14.3. The maximum atomic E-state index is 11.5. The first kappa shape index (κ1) is 20.8. The quantitative estimate of drug-likeness (QED) is 0.213. The number of nitrogens with one attached hydrogen (secondary N) is 2. The lowest BCUT2D eigenvalue weighted by molar-refractivity contribution is -0.878. The van der Waals surface area contributed by atoms with Crippen LogP contribution in [0.1, 0.15) is 25.7 Å². The molecule has 22 heavy (non-hydrogen) atoms. The molecule has 0 aromatic carbocycles. The Morgan fingerprint density at radius 1 is 1.27 bits per heavy atom. The predicted molar refractivity (Wildman–Crippen MR) is 77.0 cm³/mol. The van der Waals surface area contributed by atoms with Crippen molar-refractivity contribution in [1.29, 1.82) is 0 Å². The lowest BCUT2D eigenvalue weighted by Crippen LogP contribution is -3.09. The van der Waals surface area contributed by atoms with Crippen LogP contribution in [0.4, 0.5) is 0 Å². The van der Waals surface area contributed by atoms with Gasteiger partial charge in [-0.25, -0.2) is 8.42 Å².